The van der Waals surface area contributed by atoms with E-state index >= 15 is 0 Å². The molecule has 0 bridgehead atoms. The highest BCUT2D eigenvalue weighted by Gasteiger charge is 2.12. The minimum absolute atomic E-state index is 0.195. The molecule has 0 aliphatic heterocycles. The van der Waals surface area contributed by atoms with Crippen molar-refractivity contribution in [2.45, 2.75) is 0 Å². The second-order valence-corrected chi connectivity index (χ2v) is 5.25. The van der Waals surface area contributed by atoms with Crippen molar-refractivity contribution in [3.63, 3.8) is 0 Å². The number of hydrogen-bond donors (Lipinski definition) is 2. The molecule has 2 aromatic carbocycles. The summed E-state index contributed by atoms with van der Waals surface area (Å²) in [6.45, 7) is -0.195. The summed E-state index contributed by atoms with van der Waals surface area (Å²) in [5, 5.41) is 0.419. The smallest absolute Gasteiger partial charge is 0.271 e. The van der Waals surface area contributed by atoms with E-state index in [9.17, 15) is 4.79 Å². The molecule has 0 aliphatic carbocycles. The van der Waals surface area contributed by atoms with E-state index in [4.69, 9.17) is 22.2 Å². The molecule has 0 saturated carbocycles. The summed E-state index contributed by atoms with van der Waals surface area (Å²) in [6.07, 6.45) is 0. The predicted molar refractivity (Wildman–Crippen MR) is 82.4 cm³/mol. The highest BCUT2D eigenvalue weighted by molar-refractivity contribution is 9.10. The van der Waals surface area contributed by atoms with Gasteiger partial charge in [-0.05, 0) is 39.2 Å². The number of carbonyl (C=O) groups is 1. The molecule has 1 amide bonds. The molecule has 3 N–H and O–H groups in total. The van der Waals surface area contributed by atoms with Crippen LogP contribution in [-0.4, -0.2) is 12.5 Å². The molecular formula is C14H12BrClN2O2. The second kappa shape index (κ2) is 6.74. The molecule has 0 spiro atoms. The summed E-state index contributed by atoms with van der Waals surface area (Å²) in [6, 6.07) is 13.5. The molecule has 0 saturated heterocycles. The van der Waals surface area contributed by atoms with Crippen LogP contribution in [0.1, 0.15) is 0 Å². The molecule has 0 radical (unpaired) electrons. The number of hydrogen-bond acceptors (Lipinski definition) is 3. The Morgan fingerprint density at radius 3 is 2.55 bits per heavy atom. The molecule has 0 atom stereocenters. The Kier molecular flexibility index (Phi) is 5.00. The zero-order valence-electron chi connectivity index (χ0n) is 10.4. The van der Waals surface area contributed by atoms with E-state index in [0.29, 0.717) is 15.2 Å². The first-order valence-electron chi connectivity index (χ1n) is 5.78. The van der Waals surface area contributed by atoms with Gasteiger partial charge in [0.1, 0.15) is 0 Å². The van der Waals surface area contributed by atoms with Gasteiger partial charge in [0.25, 0.3) is 5.91 Å². The first-order chi connectivity index (χ1) is 9.61. The Morgan fingerprint density at radius 2 is 1.95 bits per heavy atom. The van der Waals surface area contributed by atoms with Gasteiger partial charge in [-0.1, -0.05) is 41.9 Å². The summed E-state index contributed by atoms with van der Waals surface area (Å²) in [5.74, 6) is 4.97. The molecule has 2 aromatic rings. The van der Waals surface area contributed by atoms with Gasteiger partial charge in [-0.2, -0.15) is 0 Å². The summed E-state index contributed by atoms with van der Waals surface area (Å²) < 4.78 is 6.01. The summed E-state index contributed by atoms with van der Waals surface area (Å²) in [4.78, 5) is 11.1. The third-order valence-electron chi connectivity index (χ3n) is 2.61. The average molecular weight is 356 g/mol. The standard InChI is InChI=1S/C14H12BrClN2O2/c15-11-6-10(9-4-2-1-3-5-9)7-12(16)14(11)20-8-13(19)18-17/h1-7H,8,17H2,(H,18,19). The maximum absolute atomic E-state index is 11.1. The number of amides is 1. The van der Waals surface area contributed by atoms with Crippen LogP contribution in [0.2, 0.25) is 5.02 Å². The molecule has 20 heavy (non-hydrogen) atoms. The van der Waals surface area contributed by atoms with Gasteiger partial charge in [-0.3, -0.25) is 10.2 Å². The molecule has 0 fully saturated rings. The summed E-state index contributed by atoms with van der Waals surface area (Å²) in [7, 11) is 0. The lowest BCUT2D eigenvalue weighted by Crippen LogP contribution is -2.34. The van der Waals surface area contributed by atoms with Gasteiger partial charge in [0.15, 0.2) is 12.4 Å². The molecule has 104 valence electrons. The van der Waals surface area contributed by atoms with E-state index < -0.39 is 5.91 Å². The van der Waals surface area contributed by atoms with Gasteiger partial charge in [-0.25, -0.2) is 5.84 Å². The molecule has 0 heterocycles. The van der Waals surface area contributed by atoms with Crippen molar-refractivity contribution in [1.82, 2.24) is 5.43 Å². The molecule has 0 aromatic heterocycles. The van der Waals surface area contributed by atoms with Crippen LogP contribution in [0.15, 0.2) is 46.9 Å². The van der Waals surface area contributed by atoms with Crippen LogP contribution in [0.5, 0.6) is 5.75 Å². The van der Waals surface area contributed by atoms with Crippen LogP contribution in [0.4, 0.5) is 0 Å². The van der Waals surface area contributed by atoms with Gasteiger partial charge in [0.2, 0.25) is 0 Å². The number of ether oxygens (including phenoxy) is 1. The monoisotopic (exact) mass is 354 g/mol. The third-order valence-corrected chi connectivity index (χ3v) is 3.48. The number of benzene rings is 2. The van der Waals surface area contributed by atoms with Crippen molar-refractivity contribution in [2.75, 3.05) is 6.61 Å². The van der Waals surface area contributed by atoms with Crippen molar-refractivity contribution in [2.24, 2.45) is 5.84 Å². The van der Waals surface area contributed by atoms with E-state index in [1.807, 2.05) is 41.8 Å². The molecule has 2 rings (SSSR count). The van der Waals surface area contributed by atoms with Gasteiger partial charge >= 0.3 is 0 Å². The Labute approximate surface area is 130 Å². The molecule has 0 aliphatic rings. The number of rotatable bonds is 4. The van der Waals surface area contributed by atoms with Gasteiger partial charge in [0.05, 0.1) is 9.50 Å². The van der Waals surface area contributed by atoms with Crippen LogP contribution >= 0.6 is 27.5 Å². The van der Waals surface area contributed by atoms with Crippen LogP contribution in [-0.2, 0) is 4.79 Å². The normalized spacial score (nSPS) is 10.2. The number of hydrazine groups is 1. The third kappa shape index (κ3) is 3.50. The summed E-state index contributed by atoms with van der Waals surface area (Å²) >= 11 is 9.59. The van der Waals surface area contributed by atoms with Crippen LogP contribution in [0, 0.1) is 0 Å². The fraction of sp³-hybridized carbons (Fsp3) is 0.0714. The highest BCUT2D eigenvalue weighted by Crippen LogP contribution is 2.37. The largest absolute Gasteiger partial charge is 0.481 e. The lowest BCUT2D eigenvalue weighted by atomic mass is 10.1. The topological polar surface area (TPSA) is 64.3 Å². The van der Waals surface area contributed by atoms with E-state index in [-0.39, 0.29) is 6.61 Å². The zero-order valence-corrected chi connectivity index (χ0v) is 12.7. The number of nitrogens with one attached hydrogen (secondary N) is 1. The zero-order chi connectivity index (χ0) is 14.5. The first kappa shape index (κ1) is 14.8. The highest BCUT2D eigenvalue weighted by atomic mass is 79.9. The minimum Gasteiger partial charge on any atom is -0.481 e. The van der Waals surface area contributed by atoms with Gasteiger partial charge in [-0.15, -0.1) is 0 Å². The van der Waals surface area contributed by atoms with E-state index in [1.54, 1.807) is 6.07 Å². The van der Waals surface area contributed by atoms with Crippen LogP contribution in [0.25, 0.3) is 11.1 Å². The fourth-order valence-corrected chi connectivity index (χ4v) is 2.64. The maximum atomic E-state index is 11.1. The average Bonchev–Trinajstić information content (AvgIpc) is 2.46. The van der Waals surface area contributed by atoms with Gasteiger partial charge in [0, 0.05) is 0 Å². The quantitative estimate of drug-likeness (QED) is 0.503. The predicted octanol–water partition coefficient (Wildman–Crippen LogP) is 3.14. The van der Waals surface area contributed by atoms with Crippen molar-refractivity contribution in [3.8, 4) is 16.9 Å². The van der Waals surface area contributed by atoms with Crippen molar-refractivity contribution in [1.29, 1.82) is 0 Å². The number of halogens is 2. The van der Waals surface area contributed by atoms with Crippen molar-refractivity contribution >= 4 is 33.4 Å². The minimum atomic E-state index is -0.430. The Morgan fingerprint density at radius 1 is 1.25 bits per heavy atom. The molecule has 6 heteroatoms. The first-order valence-corrected chi connectivity index (χ1v) is 6.95. The Hall–Kier alpha value is -1.56. The van der Waals surface area contributed by atoms with Crippen LogP contribution < -0.4 is 16.0 Å². The molecule has 4 nitrogen and oxygen atoms in total. The fourth-order valence-electron chi connectivity index (χ4n) is 1.67. The van der Waals surface area contributed by atoms with Gasteiger partial charge < -0.3 is 4.74 Å². The Balaban J connectivity index is 2.27. The maximum Gasteiger partial charge on any atom is 0.271 e. The Bertz CT molecular complexity index is 597. The van der Waals surface area contributed by atoms with E-state index in [0.717, 1.165) is 11.1 Å². The van der Waals surface area contributed by atoms with E-state index in [1.165, 1.54) is 0 Å². The van der Waals surface area contributed by atoms with Crippen molar-refractivity contribution in [3.05, 3.63) is 52.0 Å². The SMILES string of the molecule is NNC(=O)COc1c(Cl)cc(-c2ccccc2)cc1Br. The lowest BCUT2D eigenvalue weighted by Gasteiger charge is -2.11. The second-order valence-electron chi connectivity index (χ2n) is 3.99. The molecule has 0 unspecified atom stereocenters. The van der Waals surface area contributed by atoms with E-state index in [2.05, 4.69) is 15.9 Å². The van der Waals surface area contributed by atoms with Crippen LogP contribution in [0.3, 0.4) is 0 Å². The summed E-state index contributed by atoms with van der Waals surface area (Å²) in [5.41, 5.74) is 3.99. The lowest BCUT2D eigenvalue weighted by molar-refractivity contribution is -0.123. The van der Waals surface area contributed by atoms with Crippen molar-refractivity contribution < 1.29 is 9.53 Å². The number of carbonyl (C=O) groups excluding carboxylic acids is 1. The number of nitrogens with two attached hydrogens (primary N) is 1. The molecular weight excluding hydrogens is 344 g/mol.